The molecule has 0 radical (unpaired) electrons. The lowest BCUT2D eigenvalue weighted by Crippen LogP contribution is -2.53. The van der Waals surface area contributed by atoms with Crippen LogP contribution in [0, 0.1) is 11.6 Å². The van der Waals surface area contributed by atoms with Crippen LogP contribution < -0.4 is 5.32 Å². The zero-order valence-corrected chi connectivity index (χ0v) is 16.7. The molecular weight excluding hydrogens is 405 g/mol. The highest BCUT2D eigenvalue weighted by molar-refractivity contribution is 5.88. The molecular formula is C21H22F5N3O. The Morgan fingerprint density at radius 2 is 1.80 bits per heavy atom. The van der Waals surface area contributed by atoms with E-state index in [0.717, 1.165) is 18.2 Å². The Bertz CT molecular complexity index is 1060. The van der Waals surface area contributed by atoms with Crippen molar-refractivity contribution in [2.24, 2.45) is 7.05 Å². The molecule has 2 aromatic carbocycles. The van der Waals surface area contributed by atoms with Crippen LogP contribution in [0.15, 0.2) is 42.7 Å². The van der Waals surface area contributed by atoms with E-state index in [2.05, 4.69) is 10.3 Å². The van der Waals surface area contributed by atoms with E-state index in [0.29, 0.717) is 16.7 Å². The zero-order chi connectivity index (χ0) is 22.3. The highest BCUT2D eigenvalue weighted by Gasteiger charge is 2.56. The SMILES string of the molecule is Cn1cnc2c(NCC(O)(CC(C)(C)c3cc(F)ccc3F)C(F)(F)F)cccc21. The Balaban J connectivity index is 1.91. The molecule has 3 rings (SSSR count). The highest BCUT2D eigenvalue weighted by atomic mass is 19.4. The predicted octanol–water partition coefficient (Wildman–Crippen LogP) is 4.92. The Kier molecular flexibility index (Phi) is 5.53. The number of aliphatic hydroxyl groups is 1. The molecule has 0 spiro atoms. The molecule has 1 atom stereocenters. The smallest absolute Gasteiger partial charge is 0.380 e. The summed E-state index contributed by atoms with van der Waals surface area (Å²) in [6.07, 6.45) is -4.37. The number of nitrogens with zero attached hydrogens (tertiary/aromatic N) is 2. The number of nitrogens with one attached hydrogen (secondary N) is 1. The fraction of sp³-hybridized carbons (Fsp3) is 0.381. The van der Waals surface area contributed by atoms with E-state index >= 15 is 0 Å². The van der Waals surface area contributed by atoms with Crippen LogP contribution in [-0.4, -0.2) is 33.0 Å². The van der Waals surface area contributed by atoms with Gasteiger partial charge in [0, 0.05) is 7.05 Å². The molecule has 0 aliphatic heterocycles. The van der Waals surface area contributed by atoms with Crippen LogP contribution in [0.3, 0.4) is 0 Å². The van der Waals surface area contributed by atoms with Gasteiger partial charge in [0.2, 0.25) is 0 Å². The van der Waals surface area contributed by atoms with E-state index in [1.807, 2.05) is 0 Å². The topological polar surface area (TPSA) is 50.1 Å². The molecule has 0 aliphatic rings. The number of alkyl halides is 3. The molecule has 2 N–H and O–H groups in total. The van der Waals surface area contributed by atoms with Gasteiger partial charge in [0.15, 0.2) is 5.60 Å². The third-order valence-electron chi connectivity index (χ3n) is 5.25. The molecule has 30 heavy (non-hydrogen) atoms. The van der Waals surface area contributed by atoms with Crippen molar-refractivity contribution in [3.05, 3.63) is 59.9 Å². The van der Waals surface area contributed by atoms with Gasteiger partial charge < -0.3 is 15.0 Å². The van der Waals surface area contributed by atoms with E-state index in [9.17, 15) is 27.1 Å². The second-order valence-electron chi connectivity index (χ2n) is 8.10. The average molecular weight is 427 g/mol. The summed E-state index contributed by atoms with van der Waals surface area (Å²) < 4.78 is 71.1. The van der Waals surface area contributed by atoms with Gasteiger partial charge in [-0.15, -0.1) is 0 Å². The lowest BCUT2D eigenvalue weighted by Gasteiger charge is -2.38. The number of aromatic nitrogens is 2. The number of hydrogen-bond donors (Lipinski definition) is 2. The Labute approximate surface area is 170 Å². The Morgan fingerprint density at radius 1 is 1.10 bits per heavy atom. The van der Waals surface area contributed by atoms with E-state index in [4.69, 9.17) is 0 Å². The second kappa shape index (κ2) is 7.54. The van der Waals surface area contributed by atoms with Crippen LogP contribution in [0.1, 0.15) is 25.8 Å². The van der Waals surface area contributed by atoms with Gasteiger partial charge >= 0.3 is 6.18 Å². The monoisotopic (exact) mass is 427 g/mol. The van der Waals surface area contributed by atoms with Gasteiger partial charge in [-0.05, 0) is 47.7 Å². The average Bonchev–Trinajstić information content (AvgIpc) is 3.02. The van der Waals surface area contributed by atoms with Crippen LogP contribution in [0.2, 0.25) is 0 Å². The van der Waals surface area contributed by atoms with Crippen molar-refractivity contribution < 1.29 is 27.1 Å². The molecule has 0 fully saturated rings. The van der Waals surface area contributed by atoms with E-state index < -0.39 is 41.8 Å². The number of halogens is 5. The maximum absolute atomic E-state index is 14.2. The first-order valence-corrected chi connectivity index (χ1v) is 9.23. The Hall–Kier alpha value is -2.68. The molecule has 0 amide bonds. The van der Waals surface area contributed by atoms with Crippen LogP contribution in [-0.2, 0) is 12.5 Å². The van der Waals surface area contributed by atoms with Crippen molar-refractivity contribution in [1.29, 1.82) is 0 Å². The number of imidazole rings is 1. The second-order valence-corrected chi connectivity index (χ2v) is 8.10. The molecule has 3 aromatic rings. The van der Waals surface area contributed by atoms with Crippen molar-refractivity contribution in [3.8, 4) is 0 Å². The third-order valence-corrected chi connectivity index (χ3v) is 5.25. The van der Waals surface area contributed by atoms with E-state index in [-0.39, 0.29) is 5.56 Å². The van der Waals surface area contributed by atoms with Crippen LogP contribution in [0.5, 0.6) is 0 Å². The number of aryl methyl sites for hydroxylation is 1. The van der Waals surface area contributed by atoms with E-state index in [1.54, 1.807) is 29.8 Å². The maximum Gasteiger partial charge on any atom is 0.418 e. The van der Waals surface area contributed by atoms with Crippen LogP contribution in [0.4, 0.5) is 27.6 Å². The third kappa shape index (κ3) is 4.12. The van der Waals surface area contributed by atoms with Crippen molar-refractivity contribution in [2.75, 3.05) is 11.9 Å². The molecule has 1 aromatic heterocycles. The number of anilines is 1. The molecule has 4 nitrogen and oxygen atoms in total. The van der Waals surface area contributed by atoms with Gasteiger partial charge in [-0.25, -0.2) is 13.8 Å². The summed E-state index contributed by atoms with van der Waals surface area (Å²) in [6, 6.07) is 7.58. The largest absolute Gasteiger partial charge is 0.418 e. The van der Waals surface area contributed by atoms with Gasteiger partial charge in [0.25, 0.3) is 0 Å². The summed E-state index contributed by atoms with van der Waals surface area (Å²) in [7, 11) is 1.75. The quantitative estimate of drug-likeness (QED) is 0.549. The maximum atomic E-state index is 14.2. The zero-order valence-electron chi connectivity index (χ0n) is 16.7. The summed E-state index contributed by atoms with van der Waals surface area (Å²) in [6.45, 7) is 1.79. The number of para-hydroxylation sites is 1. The van der Waals surface area contributed by atoms with Gasteiger partial charge in [-0.3, -0.25) is 0 Å². The number of fused-ring (bicyclic) bond motifs is 1. The molecule has 0 aliphatic carbocycles. The minimum Gasteiger partial charge on any atom is -0.380 e. The van der Waals surface area contributed by atoms with Crippen LogP contribution >= 0.6 is 0 Å². The number of rotatable bonds is 6. The van der Waals surface area contributed by atoms with Gasteiger partial charge in [-0.2, -0.15) is 13.2 Å². The fourth-order valence-corrected chi connectivity index (χ4v) is 3.65. The van der Waals surface area contributed by atoms with Crippen molar-refractivity contribution in [1.82, 2.24) is 9.55 Å². The summed E-state index contributed by atoms with van der Waals surface area (Å²) in [5.74, 6) is -1.60. The van der Waals surface area contributed by atoms with Gasteiger partial charge in [0.1, 0.15) is 17.2 Å². The first kappa shape index (κ1) is 22.0. The minimum absolute atomic E-state index is 0.239. The summed E-state index contributed by atoms with van der Waals surface area (Å²) in [5, 5.41) is 13.2. The first-order chi connectivity index (χ1) is 13.8. The van der Waals surface area contributed by atoms with E-state index in [1.165, 1.54) is 20.2 Å². The van der Waals surface area contributed by atoms with Crippen molar-refractivity contribution >= 4 is 16.7 Å². The van der Waals surface area contributed by atoms with Gasteiger partial charge in [0.05, 0.1) is 24.1 Å². The lowest BCUT2D eigenvalue weighted by molar-refractivity contribution is -0.260. The normalized spacial score (nSPS) is 14.7. The lowest BCUT2D eigenvalue weighted by atomic mass is 9.74. The van der Waals surface area contributed by atoms with Gasteiger partial charge in [-0.1, -0.05) is 19.9 Å². The molecule has 162 valence electrons. The van der Waals surface area contributed by atoms with Crippen LogP contribution in [0.25, 0.3) is 11.0 Å². The highest BCUT2D eigenvalue weighted by Crippen LogP contribution is 2.42. The predicted molar refractivity (Wildman–Crippen MR) is 104 cm³/mol. The molecule has 0 saturated heterocycles. The molecule has 1 heterocycles. The number of benzene rings is 2. The van der Waals surface area contributed by atoms with Crippen molar-refractivity contribution in [3.63, 3.8) is 0 Å². The standard InChI is InChI=1S/C21H22F5N3O/c1-19(2,14-9-13(22)7-8-15(14)23)10-20(30,21(24,25)26)11-27-16-5-4-6-17-18(16)28-12-29(17)3/h4-9,12,27,30H,10-11H2,1-3H3. The number of hydrogen-bond acceptors (Lipinski definition) is 3. The van der Waals surface area contributed by atoms with Crippen molar-refractivity contribution in [2.45, 2.75) is 37.5 Å². The summed E-state index contributed by atoms with van der Waals surface area (Å²) >= 11 is 0. The summed E-state index contributed by atoms with van der Waals surface area (Å²) in [5.41, 5.74) is -3.46. The fourth-order valence-electron chi connectivity index (χ4n) is 3.65. The Morgan fingerprint density at radius 3 is 2.47 bits per heavy atom. The molecule has 1 unspecified atom stereocenters. The molecule has 0 saturated carbocycles. The minimum atomic E-state index is -5.01. The molecule has 9 heteroatoms. The summed E-state index contributed by atoms with van der Waals surface area (Å²) in [4.78, 5) is 4.17. The molecule has 0 bridgehead atoms. The first-order valence-electron chi connectivity index (χ1n) is 9.23.